The van der Waals surface area contributed by atoms with E-state index in [0.717, 1.165) is 0 Å². The number of rotatable bonds is 5. The van der Waals surface area contributed by atoms with Gasteiger partial charge in [0.2, 0.25) is 0 Å². The van der Waals surface area contributed by atoms with E-state index in [9.17, 15) is 22.8 Å². The van der Waals surface area contributed by atoms with Gasteiger partial charge in [0, 0.05) is 12.1 Å². The Morgan fingerprint density at radius 3 is 2.56 bits per heavy atom. The molecule has 2 rings (SSSR count). The van der Waals surface area contributed by atoms with Gasteiger partial charge in [0.05, 0.1) is 4.90 Å². The number of amidine groups is 1. The highest BCUT2D eigenvalue weighted by Gasteiger charge is 2.31. The van der Waals surface area contributed by atoms with Gasteiger partial charge >= 0.3 is 12.0 Å². The predicted molar refractivity (Wildman–Crippen MR) is 95.5 cm³/mol. The third-order valence-electron chi connectivity index (χ3n) is 3.56. The van der Waals surface area contributed by atoms with Crippen LogP contribution in [0.1, 0.15) is 26.3 Å². The van der Waals surface area contributed by atoms with E-state index < -0.39 is 40.1 Å². The van der Waals surface area contributed by atoms with Gasteiger partial charge in [-0.05, 0) is 32.9 Å². The molecule has 1 aromatic rings. The lowest BCUT2D eigenvalue weighted by atomic mass is 10.2. The lowest BCUT2D eigenvalue weighted by Gasteiger charge is -2.15. The minimum Gasteiger partial charge on any atom is -0.451 e. The van der Waals surface area contributed by atoms with Crippen molar-refractivity contribution in [2.75, 3.05) is 6.54 Å². The summed E-state index contributed by atoms with van der Waals surface area (Å²) in [6, 6.07) is 4.44. The summed E-state index contributed by atoms with van der Waals surface area (Å²) in [4.78, 5) is 39.4. The second-order valence-corrected chi connectivity index (χ2v) is 7.33. The molecule has 3 N–H and O–H groups in total. The van der Waals surface area contributed by atoms with Gasteiger partial charge in [-0.25, -0.2) is 18.0 Å². The molecule has 0 aromatic heterocycles. The number of fused-ring (bicyclic) bond motifs is 1. The first kappa shape index (κ1) is 20.4. The first-order chi connectivity index (χ1) is 12.7. The van der Waals surface area contributed by atoms with E-state index in [2.05, 4.69) is 15.0 Å². The maximum absolute atomic E-state index is 12.1. The molecule has 0 fully saturated rings. The highest BCUT2D eigenvalue weighted by molar-refractivity contribution is 7.90. The minimum absolute atomic E-state index is 0.0227. The summed E-state index contributed by atoms with van der Waals surface area (Å²) in [6.45, 7) is 4.72. The summed E-state index contributed by atoms with van der Waals surface area (Å²) in [5.74, 6) is -1.61. The van der Waals surface area contributed by atoms with Crippen molar-refractivity contribution in [3.8, 4) is 0 Å². The molecule has 11 heteroatoms. The average molecular weight is 396 g/mol. The van der Waals surface area contributed by atoms with Crippen LogP contribution in [-0.2, 0) is 24.3 Å². The maximum atomic E-state index is 12.1. The number of nitrogens with one attached hydrogen (secondary N) is 3. The van der Waals surface area contributed by atoms with Crippen LogP contribution in [-0.4, -0.2) is 50.9 Å². The molecule has 3 amide bonds. The van der Waals surface area contributed by atoms with E-state index in [1.807, 2.05) is 5.32 Å². The molecule has 2 atom stereocenters. The molecule has 1 heterocycles. The number of imide groups is 1. The Balaban J connectivity index is 2.05. The zero-order chi connectivity index (χ0) is 20.2. The number of amides is 3. The van der Waals surface area contributed by atoms with Crippen LogP contribution in [0.25, 0.3) is 0 Å². The van der Waals surface area contributed by atoms with Crippen molar-refractivity contribution < 1.29 is 27.5 Å². The van der Waals surface area contributed by atoms with Gasteiger partial charge in [-0.1, -0.05) is 12.1 Å². The van der Waals surface area contributed by atoms with Crippen molar-refractivity contribution in [3.63, 3.8) is 0 Å². The second-order valence-electron chi connectivity index (χ2n) is 5.68. The quantitative estimate of drug-likeness (QED) is 0.593. The fraction of sp³-hybridized carbons (Fsp3) is 0.375. The molecule has 10 nitrogen and oxygen atoms in total. The van der Waals surface area contributed by atoms with Crippen molar-refractivity contribution in [3.05, 3.63) is 29.8 Å². The second kappa shape index (κ2) is 8.16. The summed E-state index contributed by atoms with van der Waals surface area (Å²) in [5, 5.41) is 4.40. The summed E-state index contributed by atoms with van der Waals surface area (Å²) >= 11 is 0. The van der Waals surface area contributed by atoms with Crippen LogP contribution < -0.4 is 15.4 Å². The normalized spacial score (nSPS) is 18.0. The van der Waals surface area contributed by atoms with Gasteiger partial charge in [-0.3, -0.25) is 19.8 Å². The first-order valence-electron chi connectivity index (χ1n) is 8.15. The molecule has 1 aliphatic rings. The van der Waals surface area contributed by atoms with Crippen LogP contribution in [0.3, 0.4) is 0 Å². The van der Waals surface area contributed by atoms with E-state index in [0.29, 0.717) is 12.1 Å². The summed E-state index contributed by atoms with van der Waals surface area (Å²) in [6.07, 6.45) is -1.23. The van der Waals surface area contributed by atoms with Crippen LogP contribution in [0.2, 0.25) is 0 Å². The summed E-state index contributed by atoms with van der Waals surface area (Å²) < 4.78 is 31.3. The lowest BCUT2D eigenvalue weighted by molar-refractivity contribution is -0.155. The number of ether oxygens (including phenoxy) is 1. The zero-order valence-electron chi connectivity index (χ0n) is 15.0. The standard InChI is InChI=1S/C16H20N4O6S/c1-4-17-16(23)19-14(21)10(3)26-15(22)9(2)18-13-11-7-5-6-8-12(11)27(24,25)20-13/h5-10H,4H2,1-3H3,(H,18,20)(H2,17,19,21,23). The summed E-state index contributed by atoms with van der Waals surface area (Å²) in [7, 11) is -3.72. The molecule has 27 heavy (non-hydrogen) atoms. The van der Waals surface area contributed by atoms with E-state index >= 15 is 0 Å². The molecule has 146 valence electrons. The van der Waals surface area contributed by atoms with Crippen molar-refractivity contribution in [1.82, 2.24) is 15.4 Å². The average Bonchev–Trinajstić information content (AvgIpc) is 2.85. The fourth-order valence-electron chi connectivity index (χ4n) is 2.22. The maximum Gasteiger partial charge on any atom is 0.331 e. The number of aliphatic imine (C=N–C) groups is 1. The SMILES string of the molecule is CCNC(=O)NC(=O)C(C)OC(=O)C(C)N=C1NS(=O)(=O)c2ccccc21. The molecular formula is C16H20N4O6S. The van der Waals surface area contributed by atoms with Crippen LogP contribution in [0.15, 0.2) is 34.2 Å². The largest absolute Gasteiger partial charge is 0.451 e. The molecule has 1 aromatic carbocycles. The Labute approximate surface area is 156 Å². The van der Waals surface area contributed by atoms with Gasteiger partial charge in [0.15, 0.2) is 6.10 Å². The number of carbonyl (C=O) groups excluding carboxylic acids is 3. The van der Waals surface area contributed by atoms with Gasteiger partial charge in [-0.2, -0.15) is 0 Å². The highest BCUT2D eigenvalue weighted by Crippen LogP contribution is 2.22. The molecule has 1 aliphatic heterocycles. The fourth-order valence-corrected chi connectivity index (χ4v) is 3.46. The van der Waals surface area contributed by atoms with Crippen LogP contribution in [0.4, 0.5) is 4.79 Å². The van der Waals surface area contributed by atoms with Gasteiger partial charge in [0.1, 0.15) is 11.9 Å². The smallest absolute Gasteiger partial charge is 0.331 e. The Bertz CT molecular complexity index is 896. The number of nitrogens with zero attached hydrogens (tertiary/aromatic N) is 1. The first-order valence-corrected chi connectivity index (χ1v) is 9.63. The molecule has 2 unspecified atom stereocenters. The van der Waals surface area contributed by atoms with Gasteiger partial charge < -0.3 is 10.1 Å². The number of sulfonamides is 1. The molecule has 0 saturated heterocycles. The number of esters is 1. The van der Waals surface area contributed by atoms with E-state index in [1.165, 1.54) is 19.9 Å². The molecule has 0 saturated carbocycles. The zero-order valence-corrected chi connectivity index (χ0v) is 15.8. The Morgan fingerprint density at radius 2 is 1.89 bits per heavy atom. The molecule has 0 radical (unpaired) electrons. The summed E-state index contributed by atoms with van der Waals surface area (Å²) in [5.41, 5.74) is 0.346. The van der Waals surface area contributed by atoms with Crippen molar-refractivity contribution >= 4 is 33.8 Å². The van der Waals surface area contributed by atoms with E-state index in [-0.39, 0.29) is 10.7 Å². The monoisotopic (exact) mass is 396 g/mol. The van der Waals surface area contributed by atoms with Crippen LogP contribution in [0.5, 0.6) is 0 Å². The van der Waals surface area contributed by atoms with Gasteiger partial charge in [-0.15, -0.1) is 0 Å². The van der Waals surface area contributed by atoms with Crippen molar-refractivity contribution in [1.29, 1.82) is 0 Å². The molecule has 0 spiro atoms. The third kappa shape index (κ3) is 4.82. The van der Waals surface area contributed by atoms with E-state index in [1.54, 1.807) is 25.1 Å². The van der Waals surface area contributed by atoms with Crippen LogP contribution in [0, 0.1) is 0 Å². The van der Waals surface area contributed by atoms with Gasteiger partial charge in [0.25, 0.3) is 15.9 Å². The molecule has 0 aliphatic carbocycles. The topological polar surface area (TPSA) is 143 Å². The number of hydrogen-bond acceptors (Lipinski definition) is 7. The number of hydrogen-bond donors (Lipinski definition) is 3. The molecular weight excluding hydrogens is 376 g/mol. The Morgan fingerprint density at radius 1 is 1.22 bits per heavy atom. The predicted octanol–water partition coefficient (Wildman–Crippen LogP) is -0.109. The van der Waals surface area contributed by atoms with Crippen molar-refractivity contribution in [2.24, 2.45) is 4.99 Å². The molecule has 0 bridgehead atoms. The minimum atomic E-state index is -3.72. The number of urea groups is 1. The van der Waals surface area contributed by atoms with Crippen molar-refractivity contribution in [2.45, 2.75) is 37.8 Å². The Hall–Kier alpha value is -2.95. The van der Waals surface area contributed by atoms with E-state index in [4.69, 9.17) is 4.74 Å². The highest BCUT2D eigenvalue weighted by atomic mass is 32.2. The number of carbonyl (C=O) groups is 3. The number of benzene rings is 1. The lowest BCUT2D eigenvalue weighted by Crippen LogP contribution is -2.45. The van der Waals surface area contributed by atoms with Crippen LogP contribution >= 0.6 is 0 Å². The Kier molecular flexibility index (Phi) is 6.16. The third-order valence-corrected chi connectivity index (χ3v) is 4.96.